The Bertz CT molecular complexity index is 307. The van der Waals surface area contributed by atoms with Crippen molar-refractivity contribution in [2.24, 2.45) is 7.05 Å². The molecule has 0 atom stereocenters. The first-order valence-electron chi connectivity index (χ1n) is 5.22. The smallest absolute Gasteiger partial charge is 0.220 e. The molecule has 1 heterocycles. The molecule has 1 aromatic rings. The summed E-state index contributed by atoms with van der Waals surface area (Å²) in [6.07, 6.45) is 3.88. The fraction of sp³-hybridized carbons (Fsp3) is 0.545. The minimum atomic E-state index is 0.0460. The fourth-order valence-electron chi connectivity index (χ4n) is 1.36. The Hall–Kier alpha value is -1.29. The predicted octanol–water partition coefficient (Wildman–Crippen LogP) is 0.804. The number of hydrogen-bond donors (Lipinski definition) is 2. The van der Waals surface area contributed by atoms with Gasteiger partial charge in [-0.15, -0.1) is 0 Å². The summed E-state index contributed by atoms with van der Waals surface area (Å²) in [5.74, 6) is 0.0460. The number of carbonyl (C=O) groups is 1. The van der Waals surface area contributed by atoms with Gasteiger partial charge in [-0.3, -0.25) is 4.79 Å². The molecule has 1 amide bonds. The van der Waals surface area contributed by atoms with Crippen LogP contribution in [0.2, 0.25) is 0 Å². The van der Waals surface area contributed by atoms with Crippen LogP contribution in [0.1, 0.15) is 25.0 Å². The van der Waals surface area contributed by atoms with Crippen LogP contribution in [0.5, 0.6) is 0 Å². The molecule has 4 heteroatoms. The average molecular weight is 210 g/mol. The lowest BCUT2D eigenvalue weighted by atomic mass is 10.2. The topological polar surface area (TPSA) is 54.3 Å². The molecule has 0 aliphatic rings. The zero-order valence-corrected chi connectivity index (χ0v) is 9.07. The SMILES string of the molecule is Cn1cccc1CNC(=O)CCCCO. The van der Waals surface area contributed by atoms with Gasteiger partial charge in [-0.05, 0) is 25.0 Å². The number of aryl methyl sites for hydroxylation is 1. The van der Waals surface area contributed by atoms with E-state index in [-0.39, 0.29) is 12.5 Å². The molecular formula is C11H18N2O2. The highest BCUT2D eigenvalue weighted by molar-refractivity contribution is 5.75. The molecule has 0 aromatic carbocycles. The number of aliphatic hydroxyl groups is 1. The lowest BCUT2D eigenvalue weighted by molar-refractivity contribution is -0.121. The highest BCUT2D eigenvalue weighted by Gasteiger charge is 2.02. The quantitative estimate of drug-likeness (QED) is 0.682. The van der Waals surface area contributed by atoms with Gasteiger partial charge in [-0.2, -0.15) is 0 Å². The zero-order valence-electron chi connectivity index (χ0n) is 9.07. The Balaban J connectivity index is 2.20. The van der Waals surface area contributed by atoms with Crippen molar-refractivity contribution < 1.29 is 9.90 Å². The first-order chi connectivity index (χ1) is 7.24. The number of carbonyl (C=O) groups excluding carboxylic acids is 1. The lowest BCUT2D eigenvalue weighted by Gasteiger charge is -2.05. The maximum atomic E-state index is 11.3. The Labute approximate surface area is 89.9 Å². The lowest BCUT2D eigenvalue weighted by Crippen LogP contribution is -2.23. The fourth-order valence-corrected chi connectivity index (χ4v) is 1.36. The summed E-state index contributed by atoms with van der Waals surface area (Å²) >= 11 is 0. The van der Waals surface area contributed by atoms with Gasteiger partial charge in [0.2, 0.25) is 5.91 Å². The number of hydrogen-bond acceptors (Lipinski definition) is 2. The van der Waals surface area contributed by atoms with E-state index in [1.54, 1.807) is 0 Å². The number of unbranched alkanes of at least 4 members (excludes halogenated alkanes) is 1. The van der Waals surface area contributed by atoms with E-state index in [1.807, 2.05) is 29.9 Å². The number of amides is 1. The van der Waals surface area contributed by atoms with Crippen molar-refractivity contribution in [2.45, 2.75) is 25.8 Å². The monoisotopic (exact) mass is 210 g/mol. The molecule has 4 nitrogen and oxygen atoms in total. The van der Waals surface area contributed by atoms with Crippen LogP contribution in [0.3, 0.4) is 0 Å². The number of rotatable bonds is 6. The predicted molar refractivity (Wildman–Crippen MR) is 58.2 cm³/mol. The Morgan fingerprint density at radius 1 is 1.53 bits per heavy atom. The van der Waals surface area contributed by atoms with Gasteiger partial charge in [0.15, 0.2) is 0 Å². The minimum absolute atomic E-state index is 0.0460. The maximum absolute atomic E-state index is 11.3. The zero-order chi connectivity index (χ0) is 11.1. The van der Waals surface area contributed by atoms with Crippen LogP contribution in [0.4, 0.5) is 0 Å². The van der Waals surface area contributed by atoms with E-state index in [0.717, 1.165) is 12.1 Å². The molecule has 0 aliphatic heterocycles. The molecule has 1 rings (SSSR count). The summed E-state index contributed by atoms with van der Waals surface area (Å²) in [5.41, 5.74) is 1.09. The largest absolute Gasteiger partial charge is 0.396 e. The summed E-state index contributed by atoms with van der Waals surface area (Å²) in [6.45, 7) is 0.729. The second-order valence-electron chi connectivity index (χ2n) is 3.57. The molecule has 0 radical (unpaired) electrons. The average Bonchev–Trinajstić information content (AvgIpc) is 2.61. The van der Waals surface area contributed by atoms with Crippen molar-refractivity contribution in [2.75, 3.05) is 6.61 Å². The van der Waals surface area contributed by atoms with Crippen molar-refractivity contribution >= 4 is 5.91 Å². The highest BCUT2D eigenvalue weighted by atomic mass is 16.2. The van der Waals surface area contributed by atoms with Crippen molar-refractivity contribution in [3.8, 4) is 0 Å². The number of nitrogens with one attached hydrogen (secondary N) is 1. The van der Waals surface area contributed by atoms with E-state index < -0.39 is 0 Å². The van der Waals surface area contributed by atoms with Gasteiger partial charge in [0.05, 0.1) is 6.54 Å². The third-order valence-electron chi connectivity index (χ3n) is 2.33. The standard InChI is InChI=1S/C11H18N2O2/c1-13-7-4-5-10(13)9-12-11(15)6-2-3-8-14/h4-5,7,14H,2-3,6,8-9H2,1H3,(H,12,15). The second-order valence-corrected chi connectivity index (χ2v) is 3.57. The highest BCUT2D eigenvalue weighted by Crippen LogP contribution is 1.99. The van der Waals surface area contributed by atoms with Crippen LogP contribution in [0.15, 0.2) is 18.3 Å². The Morgan fingerprint density at radius 2 is 2.33 bits per heavy atom. The van der Waals surface area contributed by atoms with Crippen LogP contribution >= 0.6 is 0 Å². The first kappa shape index (κ1) is 11.8. The van der Waals surface area contributed by atoms with Gasteiger partial charge in [0.1, 0.15) is 0 Å². The van der Waals surface area contributed by atoms with Crippen molar-refractivity contribution in [1.82, 2.24) is 9.88 Å². The number of aliphatic hydroxyl groups excluding tert-OH is 1. The summed E-state index contributed by atoms with van der Waals surface area (Å²) in [4.78, 5) is 11.3. The van der Waals surface area contributed by atoms with Gasteiger partial charge < -0.3 is 15.0 Å². The van der Waals surface area contributed by atoms with Gasteiger partial charge in [0.25, 0.3) is 0 Å². The molecule has 0 saturated carbocycles. The molecule has 0 unspecified atom stereocenters. The van der Waals surface area contributed by atoms with E-state index in [9.17, 15) is 4.79 Å². The molecule has 0 saturated heterocycles. The first-order valence-corrected chi connectivity index (χ1v) is 5.22. The third kappa shape index (κ3) is 4.16. The van der Waals surface area contributed by atoms with Gasteiger partial charge in [-0.25, -0.2) is 0 Å². The molecule has 0 aliphatic carbocycles. The second kappa shape index (κ2) is 6.24. The van der Waals surface area contributed by atoms with Gasteiger partial charge in [0, 0.05) is 32.0 Å². The molecular weight excluding hydrogens is 192 g/mol. The maximum Gasteiger partial charge on any atom is 0.220 e. The molecule has 0 fully saturated rings. The van der Waals surface area contributed by atoms with E-state index in [4.69, 9.17) is 5.11 Å². The van der Waals surface area contributed by atoms with Crippen LogP contribution in [0, 0.1) is 0 Å². The summed E-state index contributed by atoms with van der Waals surface area (Å²) in [5, 5.41) is 11.4. The van der Waals surface area contributed by atoms with E-state index in [0.29, 0.717) is 19.4 Å². The molecule has 0 bridgehead atoms. The summed E-state index contributed by atoms with van der Waals surface area (Å²) < 4.78 is 1.98. The van der Waals surface area contributed by atoms with E-state index >= 15 is 0 Å². The molecule has 84 valence electrons. The molecule has 2 N–H and O–H groups in total. The van der Waals surface area contributed by atoms with Gasteiger partial charge >= 0.3 is 0 Å². The van der Waals surface area contributed by atoms with E-state index in [1.165, 1.54) is 0 Å². The van der Waals surface area contributed by atoms with E-state index in [2.05, 4.69) is 5.32 Å². The summed E-state index contributed by atoms with van der Waals surface area (Å²) in [6, 6.07) is 3.93. The van der Waals surface area contributed by atoms with Crippen LogP contribution in [-0.4, -0.2) is 22.2 Å². The normalized spacial score (nSPS) is 10.3. The van der Waals surface area contributed by atoms with Crippen molar-refractivity contribution in [1.29, 1.82) is 0 Å². The van der Waals surface area contributed by atoms with Crippen LogP contribution in [0.25, 0.3) is 0 Å². The minimum Gasteiger partial charge on any atom is -0.396 e. The van der Waals surface area contributed by atoms with Crippen molar-refractivity contribution in [3.63, 3.8) is 0 Å². The third-order valence-corrected chi connectivity index (χ3v) is 2.33. The summed E-state index contributed by atoms with van der Waals surface area (Å²) in [7, 11) is 1.95. The molecule has 15 heavy (non-hydrogen) atoms. The number of nitrogens with zero attached hydrogens (tertiary/aromatic N) is 1. The van der Waals surface area contributed by atoms with Crippen LogP contribution < -0.4 is 5.32 Å². The molecule has 0 spiro atoms. The Kier molecular flexibility index (Phi) is 4.90. The van der Waals surface area contributed by atoms with Crippen LogP contribution in [-0.2, 0) is 18.4 Å². The number of aromatic nitrogens is 1. The van der Waals surface area contributed by atoms with Gasteiger partial charge in [-0.1, -0.05) is 0 Å². The molecule has 1 aromatic heterocycles. The van der Waals surface area contributed by atoms with Crippen molar-refractivity contribution in [3.05, 3.63) is 24.0 Å². The Morgan fingerprint density at radius 3 is 2.93 bits per heavy atom.